The molecule has 0 radical (unpaired) electrons. The molecule has 8 heteroatoms. The number of rotatable bonds is 6. The van der Waals surface area contributed by atoms with Crippen molar-refractivity contribution in [2.75, 3.05) is 20.1 Å². The topological polar surface area (TPSA) is 79.5 Å². The predicted molar refractivity (Wildman–Crippen MR) is 105 cm³/mol. The minimum absolute atomic E-state index is 0.0417. The molecule has 0 bridgehead atoms. The number of likely N-dealkylation sites (tertiary alicyclic amines) is 1. The molecule has 2 amide bonds. The van der Waals surface area contributed by atoms with Gasteiger partial charge in [-0.15, -0.1) is 0 Å². The number of hydrogen-bond donors (Lipinski definition) is 0. The van der Waals surface area contributed by atoms with Crippen molar-refractivity contribution < 1.29 is 14.1 Å². The summed E-state index contributed by atoms with van der Waals surface area (Å²) in [4.78, 5) is 33.1. The number of nitrogens with zero attached hydrogens (tertiary/aromatic N) is 4. The van der Waals surface area contributed by atoms with Crippen LogP contribution in [0.2, 0.25) is 5.02 Å². The fraction of sp³-hybridized carbons (Fsp3) is 0.500. The zero-order valence-corrected chi connectivity index (χ0v) is 17.0. The van der Waals surface area contributed by atoms with E-state index in [0.717, 1.165) is 12.8 Å². The molecule has 0 unspecified atom stereocenters. The number of halogens is 1. The largest absolute Gasteiger partial charge is 0.339 e. The lowest BCUT2D eigenvalue weighted by atomic mass is 9.95. The Morgan fingerprint density at radius 3 is 2.68 bits per heavy atom. The normalized spacial score (nSPS) is 14.9. The quantitative estimate of drug-likeness (QED) is 0.738. The molecular weight excluding hydrogens is 380 g/mol. The number of piperidine rings is 1. The fourth-order valence-corrected chi connectivity index (χ4v) is 3.62. The minimum Gasteiger partial charge on any atom is -0.339 e. The second kappa shape index (κ2) is 9.19. The third-order valence-corrected chi connectivity index (χ3v) is 5.30. The van der Waals surface area contributed by atoms with Crippen molar-refractivity contribution in [2.45, 2.75) is 39.2 Å². The number of benzene rings is 1. The molecule has 1 saturated heterocycles. The Labute approximate surface area is 169 Å². The second-order valence-electron chi connectivity index (χ2n) is 7.09. The van der Waals surface area contributed by atoms with E-state index in [4.69, 9.17) is 16.1 Å². The molecule has 150 valence electrons. The lowest BCUT2D eigenvalue weighted by Gasteiger charge is -2.33. The van der Waals surface area contributed by atoms with Crippen LogP contribution in [0.15, 0.2) is 28.8 Å². The highest BCUT2D eigenvalue weighted by Gasteiger charge is 2.30. The SMILES string of the molecule is CCCc1noc(CN(C)C(=O)C2CCN(C(=O)c3ccccc3Cl)CC2)n1. The number of hydrogen-bond acceptors (Lipinski definition) is 5. The highest BCUT2D eigenvalue weighted by atomic mass is 35.5. The molecule has 0 atom stereocenters. The molecule has 0 N–H and O–H groups in total. The molecule has 1 aliphatic rings. The van der Waals surface area contributed by atoms with E-state index in [1.807, 2.05) is 0 Å². The summed E-state index contributed by atoms with van der Waals surface area (Å²) in [5.74, 6) is 0.966. The average molecular weight is 405 g/mol. The van der Waals surface area contributed by atoms with Crippen LogP contribution < -0.4 is 0 Å². The van der Waals surface area contributed by atoms with Gasteiger partial charge in [-0.3, -0.25) is 9.59 Å². The summed E-state index contributed by atoms with van der Waals surface area (Å²) in [6, 6.07) is 7.04. The number of aryl methyl sites for hydroxylation is 1. The van der Waals surface area contributed by atoms with Crippen LogP contribution in [0, 0.1) is 5.92 Å². The van der Waals surface area contributed by atoms with E-state index < -0.39 is 0 Å². The van der Waals surface area contributed by atoms with Gasteiger partial charge in [0, 0.05) is 32.5 Å². The van der Waals surface area contributed by atoms with Crippen LogP contribution in [0.1, 0.15) is 48.3 Å². The van der Waals surface area contributed by atoms with E-state index in [2.05, 4.69) is 17.1 Å². The van der Waals surface area contributed by atoms with Gasteiger partial charge in [-0.25, -0.2) is 0 Å². The zero-order valence-electron chi connectivity index (χ0n) is 16.2. The third-order valence-electron chi connectivity index (χ3n) is 4.97. The van der Waals surface area contributed by atoms with Gasteiger partial charge in [-0.05, 0) is 31.4 Å². The van der Waals surface area contributed by atoms with Gasteiger partial charge in [0.1, 0.15) is 0 Å². The molecule has 3 rings (SSSR count). The van der Waals surface area contributed by atoms with Crippen molar-refractivity contribution in [1.82, 2.24) is 19.9 Å². The van der Waals surface area contributed by atoms with Crippen LogP contribution in [0.25, 0.3) is 0 Å². The van der Waals surface area contributed by atoms with E-state index in [9.17, 15) is 9.59 Å². The van der Waals surface area contributed by atoms with Gasteiger partial charge >= 0.3 is 0 Å². The maximum absolute atomic E-state index is 12.7. The van der Waals surface area contributed by atoms with Gasteiger partial charge < -0.3 is 14.3 Å². The first-order valence-corrected chi connectivity index (χ1v) is 9.97. The number of carbonyl (C=O) groups excluding carboxylic acids is 2. The fourth-order valence-electron chi connectivity index (χ4n) is 3.41. The number of aromatic nitrogens is 2. The second-order valence-corrected chi connectivity index (χ2v) is 7.50. The lowest BCUT2D eigenvalue weighted by Crippen LogP contribution is -2.43. The Bertz CT molecular complexity index is 830. The highest BCUT2D eigenvalue weighted by molar-refractivity contribution is 6.33. The van der Waals surface area contributed by atoms with Crippen molar-refractivity contribution in [3.63, 3.8) is 0 Å². The Hall–Kier alpha value is -2.41. The Morgan fingerprint density at radius 1 is 1.29 bits per heavy atom. The molecule has 7 nitrogen and oxygen atoms in total. The Balaban J connectivity index is 1.52. The molecule has 1 fully saturated rings. The van der Waals surface area contributed by atoms with E-state index in [-0.39, 0.29) is 17.7 Å². The van der Waals surface area contributed by atoms with E-state index in [1.165, 1.54) is 0 Å². The molecule has 0 aliphatic carbocycles. The molecule has 0 spiro atoms. The molecular formula is C20H25ClN4O3. The van der Waals surface area contributed by atoms with Gasteiger partial charge in [0.2, 0.25) is 11.8 Å². The average Bonchev–Trinajstić information content (AvgIpc) is 3.14. The molecule has 2 aromatic rings. The third kappa shape index (κ3) is 4.70. The Kier molecular flexibility index (Phi) is 6.67. The van der Waals surface area contributed by atoms with Crippen LogP contribution >= 0.6 is 11.6 Å². The summed E-state index contributed by atoms with van der Waals surface area (Å²) < 4.78 is 5.21. The van der Waals surface area contributed by atoms with Crippen molar-refractivity contribution in [3.8, 4) is 0 Å². The van der Waals surface area contributed by atoms with Crippen LogP contribution in [0.4, 0.5) is 0 Å². The summed E-state index contributed by atoms with van der Waals surface area (Å²) in [5.41, 5.74) is 0.505. The van der Waals surface area contributed by atoms with E-state index in [0.29, 0.717) is 54.8 Å². The van der Waals surface area contributed by atoms with Crippen LogP contribution in [0.3, 0.4) is 0 Å². The summed E-state index contributed by atoms with van der Waals surface area (Å²) in [5, 5.41) is 4.37. The first-order chi connectivity index (χ1) is 13.5. The Morgan fingerprint density at radius 2 is 2.00 bits per heavy atom. The number of carbonyl (C=O) groups is 2. The predicted octanol–water partition coefficient (Wildman–Crippen LogP) is 3.19. The monoisotopic (exact) mass is 404 g/mol. The molecule has 2 heterocycles. The number of amides is 2. The van der Waals surface area contributed by atoms with Gasteiger partial charge in [0.25, 0.3) is 5.91 Å². The van der Waals surface area contributed by atoms with Gasteiger partial charge in [0.15, 0.2) is 5.82 Å². The summed E-state index contributed by atoms with van der Waals surface area (Å²) in [6.07, 6.45) is 2.97. The molecule has 1 aromatic carbocycles. The summed E-state index contributed by atoms with van der Waals surface area (Å²) in [6.45, 7) is 3.42. The molecule has 1 aromatic heterocycles. The highest BCUT2D eigenvalue weighted by Crippen LogP contribution is 2.24. The van der Waals surface area contributed by atoms with Gasteiger partial charge in [-0.2, -0.15) is 4.98 Å². The maximum Gasteiger partial charge on any atom is 0.255 e. The molecule has 0 saturated carbocycles. The van der Waals surface area contributed by atoms with Crippen molar-refractivity contribution in [3.05, 3.63) is 46.6 Å². The molecule has 1 aliphatic heterocycles. The summed E-state index contributed by atoms with van der Waals surface area (Å²) in [7, 11) is 1.74. The standard InChI is InChI=1S/C20H25ClN4O3/c1-3-6-17-22-18(28-23-17)13-24(2)19(26)14-9-11-25(12-10-14)20(27)15-7-4-5-8-16(15)21/h4-5,7-8,14H,3,6,9-13H2,1-2H3. The van der Waals surface area contributed by atoms with Crippen LogP contribution in [0.5, 0.6) is 0 Å². The van der Waals surface area contributed by atoms with Crippen molar-refractivity contribution in [1.29, 1.82) is 0 Å². The van der Waals surface area contributed by atoms with Gasteiger partial charge in [-0.1, -0.05) is 35.8 Å². The minimum atomic E-state index is -0.113. The smallest absolute Gasteiger partial charge is 0.255 e. The van der Waals surface area contributed by atoms with E-state index >= 15 is 0 Å². The maximum atomic E-state index is 12.7. The van der Waals surface area contributed by atoms with Crippen molar-refractivity contribution in [2.24, 2.45) is 5.92 Å². The van der Waals surface area contributed by atoms with Crippen molar-refractivity contribution >= 4 is 23.4 Å². The van der Waals surface area contributed by atoms with E-state index in [1.54, 1.807) is 41.1 Å². The van der Waals surface area contributed by atoms with Crippen LogP contribution in [-0.2, 0) is 17.8 Å². The first kappa shape index (κ1) is 20.3. The zero-order chi connectivity index (χ0) is 20.1. The van der Waals surface area contributed by atoms with Crippen LogP contribution in [-0.4, -0.2) is 51.9 Å². The first-order valence-electron chi connectivity index (χ1n) is 9.59. The van der Waals surface area contributed by atoms with Gasteiger partial charge in [0.05, 0.1) is 17.1 Å². The molecule has 28 heavy (non-hydrogen) atoms. The summed E-state index contributed by atoms with van der Waals surface area (Å²) >= 11 is 6.13. The lowest BCUT2D eigenvalue weighted by molar-refractivity contribution is -0.136.